The third kappa shape index (κ3) is 10.5. The molecule has 1 aromatic heterocycles. The Balaban J connectivity index is 1.48. The van der Waals surface area contributed by atoms with Crippen LogP contribution in [0.5, 0.6) is 0 Å². The number of carbonyl (C=O) groups is 1. The van der Waals surface area contributed by atoms with Crippen molar-refractivity contribution >= 4 is 34.3 Å². The topological polar surface area (TPSA) is 85.0 Å². The number of fused-ring (bicyclic) bond motifs is 1. The van der Waals surface area contributed by atoms with Crippen molar-refractivity contribution in [2.75, 3.05) is 65.0 Å². The van der Waals surface area contributed by atoms with Gasteiger partial charge in [-0.2, -0.15) is 0 Å². The first kappa shape index (κ1) is 26.1. The molecule has 1 heterocycles. The zero-order chi connectivity index (χ0) is 23.4. The van der Waals surface area contributed by atoms with Gasteiger partial charge in [-0.05, 0) is 52.1 Å². The monoisotopic (exact) mass is 466 g/mol. The molecular formula is C23H35ClN4O4. The van der Waals surface area contributed by atoms with Crippen molar-refractivity contribution in [2.24, 2.45) is 0 Å². The van der Waals surface area contributed by atoms with Gasteiger partial charge < -0.3 is 29.7 Å². The predicted octanol–water partition coefficient (Wildman–Crippen LogP) is 3.79. The van der Waals surface area contributed by atoms with Gasteiger partial charge in [0.2, 0.25) is 0 Å². The number of nitrogens with one attached hydrogen (secondary N) is 2. The van der Waals surface area contributed by atoms with E-state index in [2.05, 4.69) is 20.5 Å². The summed E-state index contributed by atoms with van der Waals surface area (Å²) in [5.41, 5.74) is 1.40. The molecule has 0 unspecified atom stereocenters. The molecule has 2 rings (SSSR count). The van der Waals surface area contributed by atoms with Gasteiger partial charge in [0.1, 0.15) is 5.60 Å². The van der Waals surface area contributed by atoms with Crippen LogP contribution >= 0.6 is 11.6 Å². The Morgan fingerprint density at radius 3 is 2.44 bits per heavy atom. The summed E-state index contributed by atoms with van der Waals surface area (Å²) in [5, 5.41) is 7.78. The smallest absolute Gasteiger partial charge is 0.407 e. The van der Waals surface area contributed by atoms with Gasteiger partial charge in [-0.25, -0.2) is 4.79 Å². The fourth-order valence-electron chi connectivity index (χ4n) is 2.83. The van der Waals surface area contributed by atoms with Crippen LogP contribution in [-0.2, 0) is 14.2 Å². The van der Waals surface area contributed by atoms with Crippen LogP contribution in [0.25, 0.3) is 10.9 Å². The molecule has 0 atom stereocenters. The van der Waals surface area contributed by atoms with E-state index in [1.165, 1.54) is 0 Å². The standard InChI is InChI=1S/C23H35ClN4O4/c1-23(2,3)32-22(29)27-10-14-31-16-12-28(4)11-15-30-13-9-26-20-7-8-25-21-17-18(24)5-6-19(20)21/h5-8,17H,9-16H2,1-4H3,(H,25,26)(H,27,29). The van der Waals surface area contributed by atoms with E-state index in [4.69, 9.17) is 25.8 Å². The molecule has 8 nitrogen and oxygen atoms in total. The Labute approximate surface area is 195 Å². The number of alkyl carbamates (subject to hydrolysis) is 1. The summed E-state index contributed by atoms with van der Waals surface area (Å²) in [6.45, 7) is 10.5. The number of hydrogen-bond acceptors (Lipinski definition) is 7. The SMILES string of the molecule is CN(CCOCCNC(=O)OC(C)(C)C)CCOCCNc1ccnc2cc(Cl)ccc12. The van der Waals surface area contributed by atoms with Crippen LogP contribution in [0, 0.1) is 0 Å². The Hall–Kier alpha value is -2.13. The highest BCUT2D eigenvalue weighted by Gasteiger charge is 2.15. The van der Waals surface area contributed by atoms with E-state index in [1.54, 1.807) is 6.20 Å². The predicted molar refractivity (Wildman–Crippen MR) is 129 cm³/mol. The van der Waals surface area contributed by atoms with E-state index in [9.17, 15) is 4.79 Å². The number of anilines is 1. The molecule has 2 aromatic rings. The number of benzene rings is 1. The lowest BCUT2D eigenvalue weighted by Crippen LogP contribution is -2.34. The van der Waals surface area contributed by atoms with E-state index in [0.29, 0.717) is 44.5 Å². The molecule has 0 aliphatic rings. The molecule has 1 amide bonds. The fourth-order valence-corrected chi connectivity index (χ4v) is 3.00. The number of ether oxygens (including phenoxy) is 3. The van der Waals surface area contributed by atoms with Gasteiger partial charge in [0.05, 0.1) is 31.9 Å². The van der Waals surface area contributed by atoms with Crippen LogP contribution < -0.4 is 10.6 Å². The first-order valence-corrected chi connectivity index (χ1v) is 11.2. The minimum absolute atomic E-state index is 0.425. The lowest BCUT2D eigenvalue weighted by Gasteiger charge is -2.20. The molecule has 0 fully saturated rings. The lowest BCUT2D eigenvalue weighted by molar-refractivity contribution is 0.0488. The molecule has 32 heavy (non-hydrogen) atoms. The van der Waals surface area contributed by atoms with E-state index < -0.39 is 11.7 Å². The first-order valence-electron chi connectivity index (χ1n) is 10.8. The maximum atomic E-state index is 11.5. The zero-order valence-electron chi connectivity index (χ0n) is 19.4. The van der Waals surface area contributed by atoms with Crippen molar-refractivity contribution in [1.82, 2.24) is 15.2 Å². The van der Waals surface area contributed by atoms with Gasteiger partial charge in [0.25, 0.3) is 0 Å². The highest BCUT2D eigenvalue weighted by molar-refractivity contribution is 6.31. The third-order valence-corrected chi connectivity index (χ3v) is 4.65. The van der Waals surface area contributed by atoms with Crippen molar-refractivity contribution in [3.63, 3.8) is 0 Å². The quantitative estimate of drug-likeness (QED) is 0.434. The van der Waals surface area contributed by atoms with Crippen LogP contribution in [0.3, 0.4) is 0 Å². The minimum Gasteiger partial charge on any atom is -0.444 e. The van der Waals surface area contributed by atoms with Gasteiger partial charge >= 0.3 is 6.09 Å². The summed E-state index contributed by atoms with van der Waals surface area (Å²) < 4.78 is 16.4. The Bertz CT molecular complexity index is 844. The summed E-state index contributed by atoms with van der Waals surface area (Å²) >= 11 is 6.03. The lowest BCUT2D eigenvalue weighted by atomic mass is 10.2. The van der Waals surface area contributed by atoms with E-state index in [-0.39, 0.29) is 0 Å². The number of amides is 1. The normalized spacial score (nSPS) is 11.7. The van der Waals surface area contributed by atoms with Gasteiger partial charge in [-0.15, -0.1) is 0 Å². The van der Waals surface area contributed by atoms with E-state index in [0.717, 1.165) is 29.7 Å². The molecule has 2 N–H and O–H groups in total. The molecule has 0 saturated heterocycles. The van der Waals surface area contributed by atoms with Gasteiger partial charge in [0, 0.05) is 48.5 Å². The molecule has 0 aliphatic heterocycles. The number of hydrogen-bond donors (Lipinski definition) is 2. The number of pyridine rings is 1. The van der Waals surface area contributed by atoms with Crippen LogP contribution in [0.15, 0.2) is 30.5 Å². The Morgan fingerprint density at radius 1 is 1.06 bits per heavy atom. The van der Waals surface area contributed by atoms with Crippen molar-refractivity contribution in [3.05, 3.63) is 35.5 Å². The molecule has 0 radical (unpaired) electrons. The summed E-state index contributed by atoms with van der Waals surface area (Å²) in [7, 11) is 2.03. The molecule has 0 bridgehead atoms. The summed E-state index contributed by atoms with van der Waals surface area (Å²) in [4.78, 5) is 18.0. The summed E-state index contributed by atoms with van der Waals surface area (Å²) in [5.74, 6) is 0. The van der Waals surface area contributed by atoms with Crippen molar-refractivity contribution < 1.29 is 19.0 Å². The zero-order valence-corrected chi connectivity index (χ0v) is 20.2. The maximum absolute atomic E-state index is 11.5. The van der Waals surface area contributed by atoms with Crippen molar-refractivity contribution in [2.45, 2.75) is 26.4 Å². The van der Waals surface area contributed by atoms with Gasteiger partial charge in [0.15, 0.2) is 0 Å². The third-order valence-electron chi connectivity index (χ3n) is 4.42. The fraction of sp³-hybridized carbons (Fsp3) is 0.565. The molecule has 0 saturated carbocycles. The number of carbonyl (C=O) groups excluding carboxylic acids is 1. The number of aromatic nitrogens is 1. The average Bonchev–Trinajstić information content (AvgIpc) is 2.71. The molecular weight excluding hydrogens is 432 g/mol. The Morgan fingerprint density at radius 2 is 1.75 bits per heavy atom. The molecule has 0 aliphatic carbocycles. The number of likely N-dealkylation sites (N-methyl/N-ethyl adjacent to an activating group) is 1. The van der Waals surface area contributed by atoms with Crippen molar-refractivity contribution in [1.29, 1.82) is 0 Å². The summed E-state index contributed by atoms with van der Waals surface area (Å²) in [6, 6.07) is 7.64. The molecule has 9 heteroatoms. The van der Waals surface area contributed by atoms with Crippen LogP contribution in [0.2, 0.25) is 5.02 Å². The van der Waals surface area contributed by atoms with Crippen LogP contribution in [-0.4, -0.2) is 81.2 Å². The highest BCUT2D eigenvalue weighted by Crippen LogP contribution is 2.24. The highest BCUT2D eigenvalue weighted by atomic mass is 35.5. The minimum atomic E-state index is -0.492. The number of nitrogens with zero attached hydrogens (tertiary/aromatic N) is 2. The maximum Gasteiger partial charge on any atom is 0.407 e. The number of rotatable bonds is 13. The van der Waals surface area contributed by atoms with Crippen LogP contribution in [0.1, 0.15) is 20.8 Å². The second-order valence-corrected chi connectivity index (χ2v) is 8.84. The molecule has 0 spiro atoms. The van der Waals surface area contributed by atoms with Gasteiger partial charge in [-0.3, -0.25) is 4.98 Å². The second kappa shape index (κ2) is 13.4. The van der Waals surface area contributed by atoms with E-state index >= 15 is 0 Å². The van der Waals surface area contributed by atoms with E-state index in [1.807, 2.05) is 52.1 Å². The van der Waals surface area contributed by atoms with Crippen LogP contribution in [0.4, 0.5) is 10.5 Å². The number of halogens is 1. The summed E-state index contributed by atoms with van der Waals surface area (Å²) in [6.07, 6.45) is 1.35. The van der Waals surface area contributed by atoms with Crippen molar-refractivity contribution in [3.8, 4) is 0 Å². The molecule has 178 valence electrons. The first-order chi connectivity index (χ1) is 15.2. The average molecular weight is 467 g/mol. The largest absolute Gasteiger partial charge is 0.444 e. The Kier molecular flexibility index (Phi) is 11.0. The second-order valence-electron chi connectivity index (χ2n) is 8.40. The molecule has 1 aromatic carbocycles. The van der Waals surface area contributed by atoms with Gasteiger partial charge in [-0.1, -0.05) is 11.6 Å².